The van der Waals surface area contributed by atoms with Gasteiger partial charge in [0.25, 0.3) is 5.91 Å². The Morgan fingerprint density at radius 3 is 2.24 bits per heavy atom. The molecular formula is C36H48N6O4. The molecule has 10 heteroatoms. The van der Waals surface area contributed by atoms with Crippen LogP contribution in [0.3, 0.4) is 0 Å². The highest BCUT2D eigenvalue weighted by molar-refractivity contribution is 5.94. The summed E-state index contributed by atoms with van der Waals surface area (Å²) in [4.78, 5) is 48.7. The lowest BCUT2D eigenvalue weighted by molar-refractivity contribution is -0.137. The topological polar surface area (TPSA) is 108 Å². The largest absolute Gasteiger partial charge is 0.508 e. The van der Waals surface area contributed by atoms with Crippen molar-refractivity contribution in [3.05, 3.63) is 71.9 Å². The standard InChI is InChI=1S/C36H48N6O4/c1-26(39-19-15-31(16-20-39)42-25-28-7-3-4-8-33(28)38-36(42)46)23-29(24-37-34(44)27-9-11-32(43)12-10-27)35(45)41-21-13-30(14-22-41)40-17-5-2-6-18-40/h3-4,7-12,29-31,43H,1-2,5-6,13-25H2,(H,37,44)(H,38,46)/t29-/m1/s1. The van der Waals surface area contributed by atoms with Crippen molar-refractivity contribution in [2.75, 3.05) is 51.1 Å². The van der Waals surface area contributed by atoms with Gasteiger partial charge in [0.2, 0.25) is 5.91 Å². The van der Waals surface area contributed by atoms with E-state index in [0.29, 0.717) is 24.6 Å². The first kappa shape index (κ1) is 31.9. The molecule has 0 spiro atoms. The summed E-state index contributed by atoms with van der Waals surface area (Å²) in [6.45, 7) is 10.6. The van der Waals surface area contributed by atoms with Crippen LogP contribution in [0.5, 0.6) is 5.75 Å². The van der Waals surface area contributed by atoms with Gasteiger partial charge in [0.05, 0.1) is 5.92 Å². The Morgan fingerprint density at radius 1 is 0.870 bits per heavy atom. The highest BCUT2D eigenvalue weighted by atomic mass is 16.3. The number of hydrogen-bond donors (Lipinski definition) is 3. The molecule has 1 atom stereocenters. The SMILES string of the molecule is C=C(C[C@H](CNC(=O)c1ccc(O)cc1)C(=O)N1CCC(N2CCCCC2)CC1)N1CCC(N2Cc3ccccc3NC2=O)CC1. The van der Waals surface area contributed by atoms with E-state index in [1.165, 1.54) is 31.4 Å². The van der Waals surface area contributed by atoms with Crippen molar-refractivity contribution in [2.24, 2.45) is 5.92 Å². The average Bonchev–Trinajstić information content (AvgIpc) is 3.10. The van der Waals surface area contributed by atoms with Gasteiger partial charge in [0.1, 0.15) is 5.75 Å². The van der Waals surface area contributed by atoms with Crippen molar-refractivity contribution < 1.29 is 19.5 Å². The molecule has 246 valence electrons. The van der Waals surface area contributed by atoms with Crippen LogP contribution in [0.2, 0.25) is 0 Å². The van der Waals surface area contributed by atoms with Crippen molar-refractivity contribution in [3.63, 3.8) is 0 Å². The van der Waals surface area contributed by atoms with Crippen LogP contribution in [-0.4, -0.2) is 100 Å². The molecule has 2 aromatic carbocycles. The van der Waals surface area contributed by atoms with Crippen LogP contribution >= 0.6 is 0 Å². The number of urea groups is 1. The highest BCUT2D eigenvalue weighted by Crippen LogP contribution is 2.30. The number of rotatable bonds is 9. The first-order valence-corrected chi connectivity index (χ1v) is 17.0. The van der Waals surface area contributed by atoms with E-state index in [1.807, 2.05) is 28.0 Å². The number of phenols is 1. The Hall–Kier alpha value is -4.05. The molecule has 2 aromatic rings. The molecule has 4 amide bonds. The molecule has 46 heavy (non-hydrogen) atoms. The molecular weight excluding hydrogens is 580 g/mol. The molecule has 3 saturated heterocycles. The summed E-state index contributed by atoms with van der Waals surface area (Å²) in [5.74, 6) is -0.525. The second-order valence-electron chi connectivity index (χ2n) is 13.3. The van der Waals surface area contributed by atoms with E-state index in [-0.39, 0.29) is 36.2 Å². The number of nitrogens with one attached hydrogen (secondary N) is 2. The maximum atomic E-state index is 14.0. The van der Waals surface area contributed by atoms with Crippen molar-refractivity contribution in [3.8, 4) is 5.75 Å². The summed E-state index contributed by atoms with van der Waals surface area (Å²) in [6, 6.07) is 14.7. The first-order chi connectivity index (χ1) is 22.4. The molecule has 4 aliphatic heterocycles. The van der Waals surface area contributed by atoms with Crippen molar-refractivity contribution in [1.29, 1.82) is 0 Å². The lowest BCUT2D eigenvalue weighted by atomic mass is 9.95. The summed E-state index contributed by atoms with van der Waals surface area (Å²) in [5.41, 5.74) is 3.35. The van der Waals surface area contributed by atoms with Gasteiger partial charge in [-0.2, -0.15) is 0 Å². The fourth-order valence-corrected chi connectivity index (χ4v) is 7.60. The molecule has 4 aliphatic rings. The van der Waals surface area contributed by atoms with Gasteiger partial charge in [-0.05, 0) is 93.9 Å². The number of aromatic hydroxyl groups is 1. The third kappa shape index (κ3) is 7.49. The maximum absolute atomic E-state index is 14.0. The number of para-hydroxylation sites is 1. The molecule has 6 rings (SSSR count). The zero-order chi connectivity index (χ0) is 32.0. The van der Waals surface area contributed by atoms with Gasteiger partial charge < -0.3 is 35.3 Å². The molecule has 0 aromatic heterocycles. The van der Waals surface area contributed by atoms with Crippen molar-refractivity contribution >= 4 is 23.5 Å². The molecule has 0 unspecified atom stereocenters. The lowest BCUT2D eigenvalue weighted by Gasteiger charge is -2.42. The average molecular weight is 629 g/mol. The van der Waals surface area contributed by atoms with Gasteiger partial charge >= 0.3 is 6.03 Å². The van der Waals surface area contributed by atoms with Gasteiger partial charge in [-0.25, -0.2) is 4.79 Å². The molecule has 10 nitrogen and oxygen atoms in total. The summed E-state index contributed by atoms with van der Waals surface area (Å²) in [6.07, 6.45) is 7.94. The van der Waals surface area contributed by atoms with E-state index >= 15 is 0 Å². The summed E-state index contributed by atoms with van der Waals surface area (Å²) in [7, 11) is 0. The van der Waals surface area contributed by atoms with E-state index in [1.54, 1.807) is 12.1 Å². The third-order valence-corrected chi connectivity index (χ3v) is 10.4. The second kappa shape index (κ2) is 14.6. The molecule has 0 bridgehead atoms. The fraction of sp³-hybridized carbons (Fsp3) is 0.528. The second-order valence-corrected chi connectivity index (χ2v) is 13.3. The van der Waals surface area contributed by atoms with Gasteiger partial charge in [-0.15, -0.1) is 0 Å². The highest BCUT2D eigenvalue weighted by Gasteiger charge is 2.34. The number of carbonyl (C=O) groups is 3. The van der Waals surface area contributed by atoms with E-state index in [0.717, 1.165) is 81.9 Å². The molecule has 0 radical (unpaired) electrons. The van der Waals surface area contributed by atoms with Gasteiger partial charge in [-0.3, -0.25) is 9.59 Å². The first-order valence-electron chi connectivity index (χ1n) is 17.0. The van der Waals surface area contributed by atoms with Crippen LogP contribution in [0.15, 0.2) is 60.8 Å². The fourth-order valence-electron chi connectivity index (χ4n) is 7.60. The van der Waals surface area contributed by atoms with Crippen LogP contribution in [0, 0.1) is 5.92 Å². The molecule has 3 fully saturated rings. The zero-order valence-electron chi connectivity index (χ0n) is 26.8. The number of piperidine rings is 3. The minimum atomic E-state index is -0.429. The van der Waals surface area contributed by atoms with E-state index in [9.17, 15) is 19.5 Å². The van der Waals surface area contributed by atoms with E-state index < -0.39 is 5.92 Å². The number of hydrogen-bond acceptors (Lipinski definition) is 6. The summed E-state index contributed by atoms with van der Waals surface area (Å²) >= 11 is 0. The van der Waals surface area contributed by atoms with E-state index in [2.05, 4.69) is 33.1 Å². The Bertz CT molecular complexity index is 1390. The Labute approximate surface area is 272 Å². The number of likely N-dealkylation sites (tertiary alicyclic amines) is 3. The number of allylic oxidation sites excluding steroid dienone is 1. The third-order valence-electron chi connectivity index (χ3n) is 10.4. The lowest BCUT2D eigenvalue weighted by Crippen LogP contribution is -2.51. The zero-order valence-corrected chi connectivity index (χ0v) is 26.8. The van der Waals surface area contributed by atoms with Crippen LogP contribution in [0.25, 0.3) is 0 Å². The number of phenolic OH excluding ortho intramolecular Hbond substituents is 1. The van der Waals surface area contributed by atoms with Gasteiger partial charge in [0, 0.05) is 68.3 Å². The van der Waals surface area contributed by atoms with Crippen LogP contribution in [-0.2, 0) is 11.3 Å². The summed E-state index contributed by atoms with van der Waals surface area (Å²) in [5, 5.41) is 15.6. The van der Waals surface area contributed by atoms with Crippen molar-refractivity contribution in [1.82, 2.24) is 24.9 Å². The van der Waals surface area contributed by atoms with Crippen LogP contribution < -0.4 is 10.6 Å². The van der Waals surface area contributed by atoms with Crippen LogP contribution in [0.1, 0.15) is 67.3 Å². The number of benzene rings is 2. The number of carbonyl (C=O) groups excluding carboxylic acids is 3. The Kier molecular flexibility index (Phi) is 10.1. The maximum Gasteiger partial charge on any atom is 0.322 e. The predicted molar refractivity (Wildman–Crippen MR) is 178 cm³/mol. The minimum Gasteiger partial charge on any atom is -0.508 e. The number of nitrogens with zero attached hydrogens (tertiary/aromatic N) is 4. The predicted octanol–water partition coefficient (Wildman–Crippen LogP) is 4.63. The molecule has 4 heterocycles. The monoisotopic (exact) mass is 628 g/mol. The Morgan fingerprint density at radius 2 is 1.52 bits per heavy atom. The smallest absolute Gasteiger partial charge is 0.322 e. The van der Waals surface area contributed by atoms with Gasteiger partial charge in [-0.1, -0.05) is 31.2 Å². The number of amides is 4. The normalized spacial score (nSPS) is 20.5. The summed E-state index contributed by atoms with van der Waals surface area (Å²) < 4.78 is 0. The quantitative estimate of drug-likeness (QED) is 0.374. The van der Waals surface area contributed by atoms with E-state index in [4.69, 9.17) is 0 Å². The molecule has 0 aliphatic carbocycles. The van der Waals surface area contributed by atoms with Crippen LogP contribution in [0.4, 0.5) is 10.5 Å². The number of fused-ring (bicyclic) bond motifs is 1. The minimum absolute atomic E-state index is 0.0462. The number of anilines is 1. The van der Waals surface area contributed by atoms with Gasteiger partial charge in [0.15, 0.2) is 0 Å². The molecule has 0 saturated carbocycles. The Balaban J connectivity index is 1.06. The van der Waals surface area contributed by atoms with Crippen molar-refractivity contribution in [2.45, 2.75) is 70.0 Å². The molecule has 3 N–H and O–H groups in total.